The smallest absolute Gasteiger partial charge is 0.254 e. The predicted octanol–water partition coefficient (Wildman–Crippen LogP) is 3.45. The van der Waals surface area contributed by atoms with Crippen molar-refractivity contribution in [3.8, 4) is 12.1 Å². The van der Waals surface area contributed by atoms with E-state index in [9.17, 15) is 10.1 Å². The number of carbonyl (C=O) groups excluding carboxylic acids is 1. The average molecular weight is 438 g/mol. The lowest BCUT2D eigenvalue weighted by Crippen LogP contribution is -2.41. The van der Waals surface area contributed by atoms with Gasteiger partial charge >= 0.3 is 0 Å². The first kappa shape index (κ1) is 20.9. The number of amides is 1. The van der Waals surface area contributed by atoms with Crippen LogP contribution in [0.15, 0.2) is 36.5 Å². The lowest BCUT2D eigenvalue weighted by molar-refractivity contribution is 0.0636. The molecule has 1 unspecified atom stereocenters. The molecule has 1 aromatic carbocycles. The Bertz CT molecular complexity index is 1320. The number of ether oxygens (including phenoxy) is 1. The number of fused-ring (bicyclic) bond motifs is 3. The SMILES string of the molecule is N#CCC(C1CC1)N(Cc1ccc(C#N)cn1)C(=O)c1ccc2nc(N)c3c(c2c1)COC3. The highest BCUT2D eigenvalue weighted by molar-refractivity contribution is 5.99. The molecule has 0 bridgehead atoms. The Morgan fingerprint density at radius 2 is 2.03 bits per heavy atom. The molecule has 2 N–H and O–H groups in total. The Morgan fingerprint density at radius 1 is 1.21 bits per heavy atom. The first-order chi connectivity index (χ1) is 16.1. The fraction of sp³-hybridized carbons (Fsp3) is 0.320. The molecule has 3 aromatic rings. The van der Waals surface area contributed by atoms with Crippen LogP contribution in [0.25, 0.3) is 10.9 Å². The Kier molecular flexibility index (Phi) is 5.37. The predicted molar refractivity (Wildman–Crippen MR) is 120 cm³/mol. The van der Waals surface area contributed by atoms with Gasteiger partial charge in [0.05, 0.1) is 49.0 Å². The number of nitrogens with zero attached hydrogens (tertiary/aromatic N) is 5. The maximum Gasteiger partial charge on any atom is 0.254 e. The van der Waals surface area contributed by atoms with Crippen LogP contribution in [0.4, 0.5) is 5.82 Å². The molecule has 2 aromatic heterocycles. The summed E-state index contributed by atoms with van der Waals surface area (Å²) in [6.45, 7) is 1.13. The minimum absolute atomic E-state index is 0.153. The number of benzene rings is 1. The molecular weight excluding hydrogens is 416 g/mol. The summed E-state index contributed by atoms with van der Waals surface area (Å²) in [4.78, 5) is 24.4. The van der Waals surface area contributed by atoms with Gasteiger partial charge in [0.1, 0.15) is 11.9 Å². The van der Waals surface area contributed by atoms with Crippen molar-refractivity contribution in [1.29, 1.82) is 10.5 Å². The number of anilines is 1. The van der Waals surface area contributed by atoms with Crippen LogP contribution in [0.1, 0.15) is 52.0 Å². The van der Waals surface area contributed by atoms with Crippen molar-refractivity contribution in [2.24, 2.45) is 5.92 Å². The van der Waals surface area contributed by atoms with Crippen LogP contribution in [-0.4, -0.2) is 26.8 Å². The van der Waals surface area contributed by atoms with E-state index in [1.165, 1.54) is 6.20 Å². The molecule has 1 saturated carbocycles. The molecule has 1 amide bonds. The second kappa shape index (κ2) is 8.50. The summed E-state index contributed by atoms with van der Waals surface area (Å²) >= 11 is 0. The molecule has 0 radical (unpaired) electrons. The molecule has 2 aliphatic rings. The zero-order chi connectivity index (χ0) is 22.9. The number of hydrogen-bond donors (Lipinski definition) is 1. The molecule has 8 heteroatoms. The van der Waals surface area contributed by atoms with Crippen LogP contribution >= 0.6 is 0 Å². The highest BCUT2D eigenvalue weighted by Crippen LogP contribution is 2.38. The fourth-order valence-electron chi connectivity index (χ4n) is 4.47. The standard InChI is InChI=1S/C25H22N6O2/c26-8-7-23(16-2-3-16)31(12-18-5-1-15(10-27)11-29-18)25(32)17-4-6-22-19(9-17)20-13-33-14-21(20)24(28)30-22/h1,4-6,9,11,16,23H,2-3,7,12-14H2,(H2,28,30). The first-order valence-electron chi connectivity index (χ1n) is 10.9. The van der Waals surface area contributed by atoms with Gasteiger partial charge < -0.3 is 15.4 Å². The van der Waals surface area contributed by atoms with Gasteiger partial charge in [-0.1, -0.05) is 0 Å². The normalized spacial score (nSPS) is 15.5. The van der Waals surface area contributed by atoms with Gasteiger partial charge in [-0.3, -0.25) is 9.78 Å². The van der Waals surface area contributed by atoms with Crippen molar-refractivity contribution in [2.75, 3.05) is 5.73 Å². The fourth-order valence-corrected chi connectivity index (χ4v) is 4.47. The summed E-state index contributed by atoms with van der Waals surface area (Å²) in [6, 6.07) is 13.0. The third kappa shape index (κ3) is 3.97. The number of rotatable bonds is 6. The second-order valence-electron chi connectivity index (χ2n) is 8.53. The molecule has 1 fully saturated rings. The zero-order valence-electron chi connectivity index (χ0n) is 18.0. The quantitative estimate of drug-likeness (QED) is 0.624. The van der Waals surface area contributed by atoms with Crippen molar-refractivity contribution >= 4 is 22.6 Å². The Morgan fingerprint density at radius 3 is 2.73 bits per heavy atom. The highest BCUT2D eigenvalue weighted by Gasteiger charge is 2.38. The van der Waals surface area contributed by atoms with Crippen molar-refractivity contribution in [1.82, 2.24) is 14.9 Å². The average Bonchev–Trinajstić information content (AvgIpc) is 3.55. The lowest BCUT2D eigenvalue weighted by atomic mass is 10.0. The molecule has 1 aliphatic carbocycles. The molecule has 0 spiro atoms. The molecule has 8 nitrogen and oxygen atoms in total. The van der Waals surface area contributed by atoms with Crippen molar-refractivity contribution in [3.05, 3.63) is 64.5 Å². The monoisotopic (exact) mass is 438 g/mol. The van der Waals surface area contributed by atoms with Gasteiger partial charge in [-0.2, -0.15) is 10.5 Å². The van der Waals surface area contributed by atoms with Crippen LogP contribution < -0.4 is 5.73 Å². The number of pyridine rings is 2. The number of carbonyl (C=O) groups is 1. The van der Waals surface area contributed by atoms with Gasteiger partial charge in [-0.25, -0.2) is 4.98 Å². The van der Waals surface area contributed by atoms with E-state index in [0.717, 1.165) is 34.9 Å². The largest absolute Gasteiger partial charge is 0.383 e. The van der Waals surface area contributed by atoms with E-state index in [-0.39, 0.29) is 24.9 Å². The lowest BCUT2D eigenvalue weighted by Gasteiger charge is -2.30. The summed E-state index contributed by atoms with van der Waals surface area (Å²) in [6.07, 6.45) is 3.77. The second-order valence-corrected chi connectivity index (χ2v) is 8.53. The molecule has 1 atom stereocenters. The van der Waals surface area contributed by atoms with Gasteiger partial charge in [0.2, 0.25) is 0 Å². The summed E-state index contributed by atoms with van der Waals surface area (Å²) in [5.41, 5.74) is 10.3. The van der Waals surface area contributed by atoms with E-state index in [1.807, 2.05) is 12.1 Å². The molecule has 33 heavy (non-hydrogen) atoms. The van der Waals surface area contributed by atoms with Crippen molar-refractivity contribution in [3.63, 3.8) is 0 Å². The van der Waals surface area contributed by atoms with E-state index in [4.69, 9.17) is 15.7 Å². The summed E-state index contributed by atoms with van der Waals surface area (Å²) in [5.74, 6) is 0.622. The Labute approximate surface area is 191 Å². The van der Waals surface area contributed by atoms with E-state index in [0.29, 0.717) is 41.8 Å². The third-order valence-corrected chi connectivity index (χ3v) is 6.39. The first-order valence-corrected chi connectivity index (χ1v) is 10.9. The summed E-state index contributed by atoms with van der Waals surface area (Å²) in [7, 11) is 0. The molecule has 1 aliphatic heterocycles. The molecule has 3 heterocycles. The van der Waals surface area contributed by atoms with Gasteiger partial charge in [-0.05, 0) is 54.7 Å². The van der Waals surface area contributed by atoms with E-state index in [1.54, 1.807) is 23.1 Å². The third-order valence-electron chi connectivity index (χ3n) is 6.39. The van der Waals surface area contributed by atoms with Gasteiger partial charge in [-0.15, -0.1) is 0 Å². The molecule has 164 valence electrons. The van der Waals surface area contributed by atoms with Gasteiger partial charge in [0.15, 0.2) is 0 Å². The van der Waals surface area contributed by atoms with Crippen molar-refractivity contribution in [2.45, 2.75) is 45.1 Å². The number of hydrogen-bond acceptors (Lipinski definition) is 7. The zero-order valence-corrected chi connectivity index (χ0v) is 18.0. The topological polar surface area (TPSA) is 129 Å². The Hall–Kier alpha value is -4.01. The van der Waals surface area contributed by atoms with Crippen LogP contribution in [-0.2, 0) is 24.5 Å². The van der Waals surface area contributed by atoms with E-state index in [2.05, 4.69) is 22.1 Å². The van der Waals surface area contributed by atoms with Gasteiger partial charge in [0, 0.05) is 28.8 Å². The maximum atomic E-state index is 13.8. The van der Waals surface area contributed by atoms with Gasteiger partial charge in [0.25, 0.3) is 5.91 Å². The Balaban J connectivity index is 1.53. The van der Waals surface area contributed by atoms with Crippen LogP contribution in [0, 0.1) is 28.6 Å². The molecular formula is C25H22N6O2. The van der Waals surface area contributed by atoms with Crippen LogP contribution in [0.3, 0.4) is 0 Å². The minimum Gasteiger partial charge on any atom is -0.383 e. The minimum atomic E-state index is -0.186. The molecule has 0 saturated heterocycles. The number of nitriles is 2. The summed E-state index contributed by atoms with van der Waals surface area (Å²) in [5, 5.41) is 19.4. The molecule has 5 rings (SSSR count). The maximum absolute atomic E-state index is 13.8. The summed E-state index contributed by atoms with van der Waals surface area (Å²) < 4.78 is 5.58. The van der Waals surface area contributed by atoms with Crippen molar-refractivity contribution < 1.29 is 9.53 Å². The number of aromatic nitrogens is 2. The van der Waals surface area contributed by atoms with Crippen LogP contribution in [0.5, 0.6) is 0 Å². The number of nitrogen functional groups attached to an aromatic ring is 1. The highest BCUT2D eigenvalue weighted by atomic mass is 16.5. The number of nitrogens with two attached hydrogens (primary N) is 1. The van der Waals surface area contributed by atoms with E-state index >= 15 is 0 Å². The van der Waals surface area contributed by atoms with Crippen LogP contribution in [0.2, 0.25) is 0 Å². The van der Waals surface area contributed by atoms with E-state index < -0.39 is 0 Å².